The summed E-state index contributed by atoms with van der Waals surface area (Å²) in [4.78, 5) is 0. The molecular weight excluding hydrogens is 411 g/mol. The number of rotatable bonds is 8. The first-order valence-electron chi connectivity index (χ1n) is 9.95. The monoisotopic (exact) mass is 440 g/mol. The summed E-state index contributed by atoms with van der Waals surface area (Å²) >= 11 is 4.52. The molecule has 0 amide bonds. The summed E-state index contributed by atoms with van der Waals surface area (Å²) in [6.45, 7) is 4.64. The van der Waals surface area contributed by atoms with E-state index in [-0.39, 0.29) is 0 Å². The fourth-order valence-electron chi connectivity index (χ4n) is 4.01. The molecule has 3 aromatic rings. The van der Waals surface area contributed by atoms with Crippen LogP contribution in [0.1, 0.15) is 33.1 Å². The average molecular weight is 441 g/mol. The van der Waals surface area contributed by atoms with Crippen LogP contribution < -0.4 is 15.9 Å². The molecule has 0 fully saturated rings. The van der Waals surface area contributed by atoms with Crippen LogP contribution in [0, 0.1) is 5.92 Å². The van der Waals surface area contributed by atoms with Gasteiger partial charge in [-0.25, -0.2) is 0 Å². The summed E-state index contributed by atoms with van der Waals surface area (Å²) < 4.78 is 0. The van der Waals surface area contributed by atoms with Crippen LogP contribution in [0.5, 0.6) is 0 Å². The van der Waals surface area contributed by atoms with Crippen LogP contribution in [0.15, 0.2) is 91.0 Å². The third-order valence-electron chi connectivity index (χ3n) is 5.49. The minimum atomic E-state index is -2.69. The Balaban J connectivity index is 2.19. The molecule has 0 saturated carbocycles. The van der Waals surface area contributed by atoms with Crippen molar-refractivity contribution >= 4 is 36.7 Å². The molecule has 0 unspecified atom stereocenters. The Morgan fingerprint density at radius 3 is 1.33 bits per heavy atom. The molecule has 0 aliphatic rings. The van der Waals surface area contributed by atoms with Gasteiger partial charge >= 0.3 is 173 Å². The maximum absolute atomic E-state index is 4.52. The van der Waals surface area contributed by atoms with Gasteiger partial charge in [0.1, 0.15) is 0 Å². The molecule has 0 saturated heterocycles. The van der Waals surface area contributed by atoms with Gasteiger partial charge in [-0.05, 0) is 0 Å². The van der Waals surface area contributed by atoms with Gasteiger partial charge in [-0.2, -0.15) is 0 Å². The molecule has 0 aromatic heterocycles. The maximum atomic E-state index is 4.52. The first kappa shape index (κ1) is 20.3. The van der Waals surface area contributed by atoms with Gasteiger partial charge in [-0.3, -0.25) is 0 Å². The van der Waals surface area contributed by atoms with Gasteiger partial charge in [0.05, 0.1) is 0 Å². The second kappa shape index (κ2) is 8.72. The van der Waals surface area contributed by atoms with Gasteiger partial charge in [0.25, 0.3) is 0 Å². The van der Waals surface area contributed by atoms with Crippen molar-refractivity contribution in [1.82, 2.24) is 0 Å². The SMILES string of the molecule is CC(C)CCCCP(Br)(c1ccccc1)(c1ccccc1)c1ccccc1. The van der Waals surface area contributed by atoms with Gasteiger partial charge in [-0.15, -0.1) is 0 Å². The van der Waals surface area contributed by atoms with E-state index in [1.165, 1.54) is 35.2 Å². The van der Waals surface area contributed by atoms with Crippen LogP contribution in [0.25, 0.3) is 0 Å². The standard InChI is InChI=1S/C25H30BrP/c1-22(2)14-12-13-21-27(26,23-15-6-3-7-16-23,24-17-8-4-9-18-24)25-19-10-5-11-20-25/h3-11,15-20,22H,12-14,21H2,1-2H3. The van der Waals surface area contributed by atoms with Crippen molar-refractivity contribution < 1.29 is 0 Å². The summed E-state index contributed by atoms with van der Waals surface area (Å²) in [5, 5.41) is 1.57. The average Bonchev–Trinajstić information content (AvgIpc) is 2.73. The quantitative estimate of drug-likeness (QED) is 0.271. The third kappa shape index (κ3) is 4.05. The van der Waals surface area contributed by atoms with Gasteiger partial charge in [0, 0.05) is 0 Å². The zero-order valence-corrected chi connectivity index (χ0v) is 18.9. The second-order valence-electron chi connectivity index (χ2n) is 7.80. The molecule has 2 heteroatoms. The van der Waals surface area contributed by atoms with E-state index < -0.39 is 5.31 Å². The van der Waals surface area contributed by atoms with Gasteiger partial charge < -0.3 is 0 Å². The Bertz CT molecular complexity index is 729. The van der Waals surface area contributed by atoms with Crippen molar-refractivity contribution in [1.29, 1.82) is 0 Å². The van der Waals surface area contributed by atoms with Crippen LogP contribution in [0.3, 0.4) is 0 Å². The third-order valence-corrected chi connectivity index (χ3v) is 15.5. The van der Waals surface area contributed by atoms with Crippen LogP contribution in [-0.2, 0) is 0 Å². The zero-order chi connectivity index (χ0) is 19.2. The van der Waals surface area contributed by atoms with E-state index in [2.05, 4.69) is 120 Å². The number of hydrogen-bond acceptors (Lipinski definition) is 0. The normalized spacial score (nSPS) is 13.3. The molecule has 3 aromatic carbocycles. The van der Waals surface area contributed by atoms with E-state index in [0.29, 0.717) is 0 Å². The van der Waals surface area contributed by atoms with E-state index in [1.54, 1.807) is 0 Å². The molecule has 142 valence electrons. The second-order valence-corrected chi connectivity index (χ2v) is 16.9. The number of halogens is 1. The van der Waals surface area contributed by atoms with Crippen LogP contribution in [-0.4, -0.2) is 6.16 Å². The summed E-state index contributed by atoms with van der Waals surface area (Å²) in [5.74, 6) is 0.761. The van der Waals surface area contributed by atoms with E-state index >= 15 is 0 Å². The summed E-state index contributed by atoms with van der Waals surface area (Å²) in [6, 6.07) is 33.3. The molecule has 0 N–H and O–H groups in total. The molecule has 0 atom stereocenters. The van der Waals surface area contributed by atoms with Crippen molar-refractivity contribution in [2.75, 3.05) is 6.16 Å². The Kier molecular flexibility index (Phi) is 6.56. The van der Waals surface area contributed by atoms with Crippen LogP contribution in [0.2, 0.25) is 0 Å². The summed E-state index contributed by atoms with van der Waals surface area (Å²) in [5.41, 5.74) is 0. The van der Waals surface area contributed by atoms with Crippen molar-refractivity contribution in [3.8, 4) is 0 Å². The minimum absolute atomic E-state index is 0.761. The first-order valence-corrected chi connectivity index (χ1v) is 14.4. The zero-order valence-electron chi connectivity index (χ0n) is 16.4. The van der Waals surface area contributed by atoms with E-state index in [9.17, 15) is 0 Å². The topological polar surface area (TPSA) is 0 Å². The molecule has 0 heterocycles. The van der Waals surface area contributed by atoms with Gasteiger partial charge in [-0.1, -0.05) is 0 Å². The fraction of sp³-hybridized carbons (Fsp3) is 0.280. The molecule has 0 radical (unpaired) electrons. The Hall–Kier alpha value is -1.43. The molecule has 27 heavy (non-hydrogen) atoms. The predicted molar refractivity (Wildman–Crippen MR) is 128 cm³/mol. The summed E-state index contributed by atoms with van der Waals surface area (Å²) in [7, 11) is 0. The molecule has 0 aliphatic carbocycles. The van der Waals surface area contributed by atoms with Crippen molar-refractivity contribution in [2.24, 2.45) is 5.92 Å². The number of benzene rings is 3. The van der Waals surface area contributed by atoms with Crippen molar-refractivity contribution in [2.45, 2.75) is 33.1 Å². The molecule has 0 aliphatic heterocycles. The molecule has 0 nitrogen and oxygen atoms in total. The Morgan fingerprint density at radius 2 is 1.00 bits per heavy atom. The first-order chi connectivity index (χ1) is 13.1. The van der Waals surface area contributed by atoms with Crippen LogP contribution in [0.4, 0.5) is 0 Å². The van der Waals surface area contributed by atoms with E-state index in [4.69, 9.17) is 0 Å². The van der Waals surface area contributed by atoms with Crippen molar-refractivity contribution in [3.63, 3.8) is 0 Å². The number of unbranched alkanes of at least 4 members (excludes halogenated alkanes) is 1. The molecule has 0 spiro atoms. The Morgan fingerprint density at radius 1 is 0.630 bits per heavy atom. The molecular formula is C25H30BrP. The predicted octanol–water partition coefficient (Wildman–Crippen LogP) is 6.65. The fourth-order valence-corrected chi connectivity index (χ4v) is 11.8. The van der Waals surface area contributed by atoms with Crippen molar-refractivity contribution in [3.05, 3.63) is 91.0 Å². The van der Waals surface area contributed by atoms with Gasteiger partial charge in [0.2, 0.25) is 0 Å². The molecule has 0 bridgehead atoms. The molecule has 3 rings (SSSR count). The van der Waals surface area contributed by atoms with Crippen LogP contribution >= 0.6 is 20.8 Å². The van der Waals surface area contributed by atoms with Gasteiger partial charge in [0.15, 0.2) is 0 Å². The summed E-state index contributed by atoms with van der Waals surface area (Å²) in [6.07, 6.45) is 4.93. The Labute approximate surface area is 172 Å². The van der Waals surface area contributed by atoms with E-state index in [1.807, 2.05) is 0 Å². The van der Waals surface area contributed by atoms with E-state index in [0.717, 1.165) is 12.1 Å². The number of hydrogen-bond donors (Lipinski definition) is 0.